The predicted octanol–water partition coefficient (Wildman–Crippen LogP) is 4.18. The van der Waals surface area contributed by atoms with Crippen molar-refractivity contribution in [2.75, 3.05) is 5.32 Å². The van der Waals surface area contributed by atoms with Crippen LogP contribution in [-0.2, 0) is 0 Å². The number of hydrogen-bond donors (Lipinski definition) is 2. The van der Waals surface area contributed by atoms with Crippen LogP contribution in [0.15, 0.2) is 18.2 Å². The van der Waals surface area contributed by atoms with Crippen molar-refractivity contribution >= 4 is 23.3 Å². The number of carbonyl (C=O) groups is 1. The minimum Gasteiger partial charge on any atom is -0.335 e. The Morgan fingerprint density at radius 1 is 1.32 bits per heavy atom. The van der Waals surface area contributed by atoms with E-state index in [1.165, 1.54) is 12.1 Å². The lowest BCUT2D eigenvalue weighted by Gasteiger charge is -2.26. The molecule has 3 nitrogen and oxygen atoms in total. The summed E-state index contributed by atoms with van der Waals surface area (Å²) in [6.45, 7) is 2.22. The summed E-state index contributed by atoms with van der Waals surface area (Å²) >= 11 is 5.65. The van der Waals surface area contributed by atoms with Crippen LogP contribution in [0.25, 0.3) is 0 Å². The smallest absolute Gasteiger partial charge is 0.319 e. The van der Waals surface area contributed by atoms with Crippen LogP contribution in [0.4, 0.5) is 14.9 Å². The summed E-state index contributed by atoms with van der Waals surface area (Å²) in [7, 11) is 0. The zero-order chi connectivity index (χ0) is 13.8. The third-order valence-corrected chi connectivity index (χ3v) is 3.77. The van der Waals surface area contributed by atoms with Gasteiger partial charge in [0.1, 0.15) is 5.82 Å². The van der Waals surface area contributed by atoms with Gasteiger partial charge in [-0.05, 0) is 49.8 Å². The fourth-order valence-corrected chi connectivity index (χ4v) is 2.50. The van der Waals surface area contributed by atoms with Crippen molar-refractivity contribution in [2.24, 2.45) is 5.92 Å². The first-order valence-electron chi connectivity index (χ1n) is 6.57. The van der Waals surface area contributed by atoms with E-state index in [9.17, 15) is 9.18 Å². The lowest BCUT2D eigenvalue weighted by molar-refractivity contribution is 0.239. The van der Waals surface area contributed by atoms with Crippen molar-refractivity contribution in [1.29, 1.82) is 0 Å². The van der Waals surface area contributed by atoms with Crippen LogP contribution in [0.2, 0.25) is 5.02 Å². The standard InChI is InChI=1S/C14H18ClFN2O/c1-9-2-5-11(6-3-9)17-14(19)18-13-7-4-10(15)8-12(13)16/h4,7-9,11H,2-3,5-6H2,1H3,(H2,17,18,19). The molecule has 2 N–H and O–H groups in total. The quantitative estimate of drug-likeness (QED) is 0.840. The van der Waals surface area contributed by atoms with Gasteiger partial charge >= 0.3 is 6.03 Å². The average Bonchev–Trinajstić information content (AvgIpc) is 2.36. The normalized spacial score (nSPS) is 22.9. The van der Waals surface area contributed by atoms with E-state index >= 15 is 0 Å². The molecule has 1 aromatic carbocycles. The molecule has 0 aromatic heterocycles. The highest BCUT2D eigenvalue weighted by atomic mass is 35.5. The molecule has 2 rings (SSSR count). The lowest BCUT2D eigenvalue weighted by atomic mass is 9.87. The van der Waals surface area contributed by atoms with E-state index in [2.05, 4.69) is 17.6 Å². The molecule has 0 heterocycles. The number of carbonyl (C=O) groups excluding carboxylic acids is 1. The topological polar surface area (TPSA) is 41.1 Å². The Labute approximate surface area is 117 Å². The third-order valence-electron chi connectivity index (χ3n) is 3.53. The van der Waals surface area contributed by atoms with Crippen molar-refractivity contribution in [3.8, 4) is 0 Å². The van der Waals surface area contributed by atoms with Crippen molar-refractivity contribution in [3.63, 3.8) is 0 Å². The summed E-state index contributed by atoms with van der Waals surface area (Å²) in [5, 5.41) is 5.70. The number of halogens is 2. The van der Waals surface area contributed by atoms with Crippen molar-refractivity contribution in [2.45, 2.75) is 38.6 Å². The van der Waals surface area contributed by atoms with Crippen molar-refractivity contribution in [1.82, 2.24) is 5.32 Å². The van der Waals surface area contributed by atoms with Gasteiger partial charge < -0.3 is 10.6 Å². The maximum Gasteiger partial charge on any atom is 0.319 e. The molecular formula is C14H18ClFN2O. The van der Waals surface area contributed by atoms with Crippen LogP contribution < -0.4 is 10.6 Å². The summed E-state index contributed by atoms with van der Waals surface area (Å²) in [5.41, 5.74) is 0.145. The monoisotopic (exact) mass is 284 g/mol. The Kier molecular flexibility index (Phi) is 4.64. The highest BCUT2D eigenvalue weighted by Gasteiger charge is 2.20. The molecule has 0 atom stereocenters. The molecule has 0 radical (unpaired) electrons. The number of urea groups is 1. The molecule has 1 saturated carbocycles. The van der Waals surface area contributed by atoms with Gasteiger partial charge in [-0.15, -0.1) is 0 Å². The van der Waals surface area contributed by atoms with E-state index in [0.717, 1.165) is 31.6 Å². The number of nitrogens with one attached hydrogen (secondary N) is 2. The summed E-state index contributed by atoms with van der Waals surface area (Å²) in [4.78, 5) is 11.8. The zero-order valence-corrected chi connectivity index (χ0v) is 11.6. The summed E-state index contributed by atoms with van der Waals surface area (Å²) in [6.07, 6.45) is 4.22. The Balaban J connectivity index is 1.87. The molecule has 1 aliphatic carbocycles. The van der Waals surface area contributed by atoms with E-state index in [-0.39, 0.29) is 17.8 Å². The highest BCUT2D eigenvalue weighted by molar-refractivity contribution is 6.30. The van der Waals surface area contributed by atoms with Crippen molar-refractivity contribution < 1.29 is 9.18 Å². The fraction of sp³-hybridized carbons (Fsp3) is 0.500. The molecule has 0 aliphatic heterocycles. The summed E-state index contributed by atoms with van der Waals surface area (Å²) < 4.78 is 13.5. The Morgan fingerprint density at radius 3 is 2.63 bits per heavy atom. The van der Waals surface area contributed by atoms with Gasteiger partial charge in [-0.25, -0.2) is 9.18 Å². The Morgan fingerprint density at radius 2 is 2.00 bits per heavy atom. The van der Waals surface area contributed by atoms with Crippen molar-refractivity contribution in [3.05, 3.63) is 29.0 Å². The number of hydrogen-bond acceptors (Lipinski definition) is 1. The maximum absolute atomic E-state index is 13.5. The molecular weight excluding hydrogens is 267 g/mol. The number of benzene rings is 1. The average molecular weight is 285 g/mol. The van der Waals surface area contributed by atoms with Gasteiger partial charge in [0.25, 0.3) is 0 Å². The number of anilines is 1. The van der Waals surface area contributed by atoms with E-state index in [0.29, 0.717) is 5.02 Å². The van der Waals surface area contributed by atoms with Gasteiger partial charge in [-0.3, -0.25) is 0 Å². The molecule has 1 aromatic rings. The van der Waals surface area contributed by atoms with Gasteiger partial charge in [-0.2, -0.15) is 0 Å². The molecule has 2 amide bonds. The van der Waals surface area contributed by atoms with Gasteiger partial charge in [-0.1, -0.05) is 18.5 Å². The van der Waals surface area contributed by atoms with Crippen LogP contribution >= 0.6 is 11.6 Å². The van der Waals surface area contributed by atoms with E-state index < -0.39 is 5.82 Å². The first-order chi connectivity index (χ1) is 9.04. The van der Waals surface area contributed by atoms with Crippen LogP contribution in [0.3, 0.4) is 0 Å². The number of amides is 2. The first kappa shape index (κ1) is 14.1. The van der Waals surface area contributed by atoms with Gasteiger partial charge in [0.2, 0.25) is 0 Å². The van der Waals surface area contributed by atoms with E-state index in [1.54, 1.807) is 6.07 Å². The number of rotatable bonds is 2. The summed E-state index contributed by atoms with van der Waals surface area (Å²) in [6, 6.07) is 4.01. The molecule has 1 fully saturated rings. The molecule has 0 bridgehead atoms. The van der Waals surface area contributed by atoms with Gasteiger partial charge in [0, 0.05) is 11.1 Å². The Hall–Kier alpha value is -1.29. The highest BCUT2D eigenvalue weighted by Crippen LogP contribution is 2.23. The predicted molar refractivity (Wildman–Crippen MR) is 75.0 cm³/mol. The molecule has 1 aliphatic rings. The zero-order valence-electron chi connectivity index (χ0n) is 10.9. The van der Waals surface area contributed by atoms with Crippen LogP contribution in [0, 0.1) is 11.7 Å². The maximum atomic E-state index is 13.5. The molecule has 104 valence electrons. The Bertz CT molecular complexity index is 459. The second-order valence-corrected chi connectivity index (χ2v) is 5.62. The molecule has 5 heteroatoms. The fourth-order valence-electron chi connectivity index (χ4n) is 2.34. The minimum absolute atomic E-state index is 0.145. The van der Waals surface area contributed by atoms with E-state index in [4.69, 9.17) is 11.6 Å². The van der Waals surface area contributed by atoms with E-state index in [1.807, 2.05) is 0 Å². The minimum atomic E-state index is -0.528. The second kappa shape index (κ2) is 6.24. The molecule has 19 heavy (non-hydrogen) atoms. The molecule has 0 unspecified atom stereocenters. The second-order valence-electron chi connectivity index (χ2n) is 5.18. The lowest BCUT2D eigenvalue weighted by Crippen LogP contribution is -2.40. The largest absolute Gasteiger partial charge is 0.335 e. The van der Waals surface area contributed by atoms with Gasteiger partial charge in [0.05, 0.1) is 5.69 Å². The SMILES string of the molecule is CC1CCC(NC(=O)Nc2ccc(Cl)cc2F)CC1. The summed E-state index contributed by atoms with van der Waals surface area (Å²) in [5.74, 6) is 0.203. The van der Waals surface area contributed by atoms with Crippen LogP contribution in [0.5, 0.6) is 0 Å². The van der Waals surface area contributed by atoms with Gasteiger partial charge in [0.15, 0.2) is 0 Å². The van der Waals surface area contributed by atoms with Crippen LogP contribution in [0.1, 0.15) is 32.6 Å². The van der Waals surface area contributed by atoms with Crippen LogP contribution in [-0.4, -0.2) is 12.1 Å². The third kappa shape index (κ3) is 4.10. The first-order valence-corrected chi connectivity index (χ1v) is 6.95. The molecule has 0 spiro atoms. The molecule has 0 saturated heterocycles.